The second-order valence-electron chi connectivity index (χ2n) is 3.30. The number of anilines is 2. The highest BCUT2D eigenvalue weighted by Gasteiger charge is 2.09. The van der Waals surface area contributed by atoms with Crippen LogP contribution in [0.3, 0.4) is 0 Å². The lowest BCUT2D eigenvalue weighted by Crippen LogP contribution is -1.96. The van der Waals surface area contributed by atoms with Gasteiger partial charge < -0.3 is 10.4 Å². The summed E-state index contributed by atoms with van der Waals surface area (Å²) in [5.41, 5.74) is 0.193. The Morgan fingerprint density at radius 3 is 3.05 bits per heavy atom. The Bertz CT molecular complexity index is 608. The minimum Gasteiger partial charge on any atom is -0.481 e. The third-order valence-electron chi connectivity index (χ3n) is 1.90. The molecule has 0 aliphatic carbocycles. The molecule has 0 spiro atoms. The zero-order valence-electron chi connectivity index (χ0n) is 9.26. The second-order valence-corrected chi connectivity index (χ2v) is 5.94. The lowest BCUT2D eigenvalue weighted by atomic mass is 10.3. The molecule has 0 amide bonds. The molecular weight excluding hydrogens is 313 g/mol. The minimum atomic E-state index is -0.935. The summed E-state index contributed by atoms with van der Waals surface area (Å²) in [6, 6.07) is 4.12. The number of carboxylic acid groups (broad SMARTS) is 1. The van der Waals surface area contributed by atoms with E-state index in [9.17, 15) is 9.18 Å². The number of thioether (sulfide) groups is 1. The topological polar surface area (TPSA) is 75.1 Å². The van der Waals surface area contributed by atoms with Crippen LogP contribution in [0.1, 0.15) is 0 Å². The lowest BCUT2D eigenvalue weighted by molar-refractivity contribution is -0.133. The van der Waals surface area contributed by atoms with E-state index in [1.54, 1.807) is 0 Å². The fourth-order valence-electron chi connectivity index (χ4n) is 1.15. The Morgan fingerprint density at radius 1 is 1.53 bits per heavy atom. The second kappa shape index (κ2) is 6.18. The minimum absolute atomic E-state index is 0.0971. The first-order valence-corrected chi connectivity index (χ1v) is 7.13. The quantitative estimate of drug-likeness (QED) is 0.824. The largest absolute Gasteiger partial charge is 0.481 e. The van der Waals surface area contributed by atoms with Gasteiger partial charge in [-0.2, -0.15) is 0 Å². The standard InChI is InChI=1S/C10H7ClFN3O2S2/c11-5-1-2-6(12)7(3-5)13-9-14-15-10(19-9)18-4-8(16)17/h1-3H,4H2,(H,13,14)(H,16,17). The van der Waals surface area contributed by atoms with Crippen LogP contribution in [0.25, 0.3) is 0 Å². The van der Waals surface area contributed by atoms with Gasteiger partial charge in [0.25, 0.3) is 0 Å². The SMILES string of the molecule is O=C(O)CSc1nnc(Nc2cc(Cl)ccc2F)s1. The molecular formula is C10H7ClFN3O2S2. The maximum atomic E-state index is 13.5. The van der Waals surface area contributed by atoms with Gasteiger partial charge in [0.05, 0.1) is 11.4 Å². The van der Waals surface area contributed by atoms with E-state index in [1.165, 1.54) is 18.2 Å². The van der Waals surface area contributed by atoms with Gasteiger partial charge in [-0.3, -0.25) is 4.79 Å². The molecule has 2 rings (SSSR count). The number of hydrogen-bond donors (Lipinski definition) is 2. The smallest absolute Gasteiger partial charge is 0.313 e. The number of carbonyl (C=O) groups is 1. The fourth-order valence-corrected chi connectivity index (χ4v) is 2.81. The number of rotatable bonds is 5. The molecule has 0 radical (unpaired) electrons. The fraction of sp³-hybridized carbons (Fsp3) is 0.100. The summed E-state index contributed by atoms with van der Waals surface area (Å²) in [5, 5.41) is 19.6. The highest BCUT2D eigenvalue weighted by atomic mass is 35.5. The predicted octanol–water partition coefficient (Wildman–Crippen LogP) is 3.25. The molecule has 100 valence electrons. The maximum absolute atomic E-state index is 13.5. The van der Waals surface area contributed by atoms with Gasteiger partial charge in [-0.05, 0) is 18.2 Å². The van der Waals surface area contributed by atoms with Gasteiger partial charge in [0.2, 0.25) is 5.13 Å². The van der Waals surface area contributed by atoms with Crippen LogP contribution in [-0.4, -0.2) is 27.0 Å². The van der Waals surface area contributed by atoms with Gasteiger partial charge in [0, 0.05) is 5.02 Å². The van der Waals surface area contributed by atoms with Gasteiger partial charge in [0.15, 0.2) is 4.34 Å². The number of aliphatic carboxylic acids is 1. The molecule has 5 nitrogen and oxygen atoms in total. The maximum Gasteiger partial charge on any atom is 0.313 e. The first-order chi connectivity index (χ1) is 9.04. The van der Waals surface area contributed by atoms with E-state index in [0.717, 1.165) is 23.1 Å². The summed E-state index contributed by atoms with van der Waals surface area (Å²) in [5.74, 6) is -1.49. The molecule has 0 bridgehead atoms. The van der Waals surface area contributed by atoms with Crippen molar-refractivity contribution in [3.8, 4) is 0 Å². The molecule has 1 aromatic heterocycles. The molecule has 0 saturated heterocycles. The van der Waals surface area contributed by atoms with Crippen molar-refractivity contribution in [1.82, 2.24) is 10.2 Å². The van der Waals surface area contributed by atoms with E-state index in [-0.39, 0.29) is 11.4 Å². The van der Waals surface area contributed by atoms with E-state index in [1.807, 2.05) is 0 Å². The van der Waals surface area contributed by atoms with Crippen molar-refractivity contribution in [3.63, 3.8) is 0 Å². The van der Waals surface area contributed by atoms with Gasteiger partial charge in [-0.15, -0.1) is 10.2 Å². The zero-order chi connectivity index (χ0) is 13.8. The Balaban J connectivity index is 2.07. The first kappa shape index (κ1) is 14.0. The van der Waals surface area contributed by atoms with Crippen molar-refractivity contribution in [2.75, 3.05) is 11.1 Å². The molecule has 0 saturated carbocycles. The van der Waals surface area contributed by atoms with E-state index in [0.29, 0.717) is 14.5 Å². The molecule has 0 unspecified atom stereocenters. The Kier molecular flexibility index (Phi) is 4.56. The number of hydrogen-bond acceptors (Lipinski definition) is 6. The van der Waals surface area contributed by atoms with Crippen molar-refractivity contribution in [2.24, 2.45) is 0 Å². The van der Waals surface area contributed by atoms with Crippen molar-refractivity contribution in [3.05, 3.63) is 29.0 Å². The monoisotopic (exact) mass is 319 g/mol. The number of aromatic nitrogens is 2. The summed E-state index contributed by atoms with van der Waals surface area (Å²) in [6.07, 6.45) is 0. The molecule has 9 heteroatoms. The summed E-state index contributed by atoms with van der Waals surface area (Å²) < 4.78 is 14.0. The molecule has 19 heavy (non-hydrogen) atoms. The number of halogens is 2. The van der Waals surface area contributed by atoms with Crippen molar-refractivity contribution < 1.29 is 14.3 Å². The molecule has 0 aliphatic heterocycles. The Labute approximate surface area is 120 Å². The van der Waals surface area contributed by atoms with Gasteiger partial charge in [0.1, 0.15) is 5.82 Å². The third-order valence-corrected chi connectivity index (χ3v) is 4.09. The number of nitrogens with one attached hydrogen (secondary N) is 1. The van der Waals surface area contributed by atoms with Gasteiger partial charge >= 0.3 is 5.97 Å². The number of benzene rings is 1. The van der Waals surface area contributed by atoms with E-state index in [4.69, 9.17) is 16.7 Å². The van der Waals surface area contributed by atoms with Crippen LogP contribution >= 0.6 is 34.7 Å². The highest BCUT2D eigenvalue weighted by molar-refractivity contribution is 8.01. The number of carboxylic acids is 1. The van der Waals surface area contributed by atoms with Crippen LogP contribution < -0.4 is 5.32 Å². The molecule has 0 atom stereocenters. The average Bonchev–Trinajstić information content (AvgIpc) is 2.79. The number of nitrogens with zero attached hydrogens (tertiary/aromatic N) is 2. The summed E-state index contributed by atoms with van der Waals surface area (Å²) in [7, 11) is 0. The molecule has 0 aliphatic rings. The molecule has 2 aromatic rings. The molecule has 0 fully saturated rings. The van der Waals surface area contributed by atoms with Crippen LogP contribution in [0, 0.1) is 5.82 Å². The van der Waals surface area contributed by atoms with Crippen molar-refractivity contribution >= 4 is 51.5 Å². The van der Waals surface area contributed by atoms with Crippen LogP contribution in [0.4, 0.5) is 15.2 Å². The third kappa shape index (κ3) is 4.05. The Morgan fingerprint density at radius 2 is 2.32 bits per heavy atom. The van der Waals surface area contributed by atoms with Crippen LogP contribution in [0.2, 0.25) is 5.02 Å². The first-order valence-electron chi connectivity index (χ1n) is 4.95. The van der Waals surface area contributed by atoms with E-state index >= 15 is 0 Å². The normalized spacial score (nSPS) is 10.4. The molecule has 2 N–H and O–H groups in total. The molecule has 1 aromatic carbocycles. The lowest BCUT2D eigenvalue weighted by Gasteiger charge is -2.03. The van der Waals surface area contributed by atoms with Gasteiger partial charge in [-0.25, -0.2) is 4.39 Å². The summed E-state index contributed by atoms with van der Waals surface area (Å²) in [6.45, 7) is 0. The van der Waals surface area contributed by atoms with Gasteiger partial charge in [-0.1, -0.05) is 34.7 Å². The molecule has 1 heterocycles. The van der Waals surface area contributed by atoms with Crippen molar-refractivity contribution in [1.29, 1.82) is 0 Å². The average molecular weight is 320 g/mol. The predicted molar refractivity (Wildman–Crippen MR) is 73.0 cm³/mol. The van der Waals surface area contributed by atoms with Crippen LogP contribution in [-0.2, 0) is 4.79 Å². The highest BCUT2D eigenvalue weighted by Crippen LogP contribution is 2.29. The summed E-state index contributed by atoms with van der Waals surface area (Å²) in [4.78, 5) is 10.4. The van der Waals surface area contributed by atoms with Crippen molar-refractivity contribution in [2.45, 2.75) is 4.34 Å². The van der Waals surface area contributed by atoms with Crippen LogP contribution in [0.5, 0.6) is 0 Å². The Hall–Kier alpha value is -1.38. The van der Waals surface area contributed by atoms with E-state index in [2.05, 4.69) is 15.5 Å². The van der Waals surface area contributed by atoms with Crippen LogP contribution in [0.15, 0.2) is 22.5 Å². The zero-order valence-corrected chi connectivity index (χ0v) is 11.7. The summed E-state index contributed by atoms with van der Waals surface area (Å²) >= 11 is 7.96. The van der Waals surface area contributed by atoms with E-state index < -0.39 is 11.8 Å².